The van der Waals surface area contributed by atoms with E-state index in [1.807, 2.05) is 6.92 Å². The third-order valence-corrected chi connectivity index (χ3v) is 4.91. The quantitative estimate of drug-likeness (QED) is 0.677. The van der Waals surface area contributed by atoms with Crippen LogP contribution >= 0.6 is 0 Å². The summed E-state index contributed by atoms with van der Waals surface area (Å²) in [6.45, 7) is 5.60. The molecule has 0 amide bonds. The van der Waals surface area contributed by atoms with E-state index in [-0.39, 0.29) is 16.9 Å². The molecule has 3 N–H and O–H groups in total. The Labute approximate surface area is 92.8 Å². The molecule has 15 heavy (non-hydrogen) atoms. The maximum atomic E-state index is 11.2. The van der Waals surface area contributed by atoms with Crippen molar-refractivity contribution in [3.05, 3.63) is 0 Å². The fourth-order valence-corrected chi connectivity index (χ4v) is 2.19. The van der Waals surface area contributed by atoms with Crippen molar-refractivity contribution in [1.82, 2.24) is 0 Å². The zero-order valence-corrected chi connectivity index (χ0v) is 10.7. The fraction of sp³-hybridized carbons (Fsp3) is 1.00. The molecule has 4 nitrogen and oxygen atoms in total. The summed E-state index contributed by atoms with van der Waals surface area (Å²) in [5, 5.41) is 9.53. The van der Waals surface area contributed by atoms with Crippen molar-refractivity contribution >= 4 is 9.84 Å². The van der Waals surface area contributed by atoms with E-state index in [4.69, 9.17) is 5.73 Å². The van der Waals surface area contributed by atoms with Gasteiger partial charge >= 0.3 is 0 Å². The summed E-state index contributed by atoms with van der Waals surface area (Å²) in [7, 11) is -2.90. The highest BCUT2D eigenvalue weighted by atomic mass is 32.2. The lowest BCUT2D eigenvalue weighted by atomic mass is 9.81. The lowest BCUT2D eigenvalue weighted by molar-refractivity contribution is 0.0517. The Balaban J connectivity index is 4.15. The van der Waals surface area contributed by atoms with Gasteiger partial charge in [-0.1, -0.05) is 13.8 Å². The van der Waals surface area contributed by atoms with E-state index in [1.165, 1.54) is 0 Å². The first-order valence-electron chi connectivity index (χ1n) is 5.36. The molecule has 92 valence electrons. The summed E-state index contributed by atoms with van der Waals surface area (Å²) in [6, 6.07) is 0. The maximum absolute atomic E-state index is 11.2. The molecule has 0 spiro atoms. The first-order valence-corrected chi connectivity index (χ1v) is 7.18. The number of hydrogen-bond donors (Lipinski definition) is 2. The molecule has 0 aliphatic carbocycles. The van der Waals surface area contributed by atoms with E-state index < -0.39 is 15.9 Å². The Morgan fingerprint density at radius 1 is 1.47 bits per heavy atom. The van der Waals surface area contributed by atoms with Gasteiger partial charge in [-0.05, 0) is 19.8 Å². The van der Waals surface area contributed by atoms with Crippen LogP contribution in [0.15, 0.2) is 0 Å². The fourth-order valence-electron chi connectivity index (χ4n) is 1.32. The molecule has 0 fully saturated rings. The second-order valence-electron chi connectivity index (χ2n) is 4.37. The summed E-state index contributed by atoms with van der Waals surface area (Å²) in [5.74, 6) is 0.368. The van der Waals surface area contributed by atoms with Crippen LogP contribution in [0, 0.1) is 5.41 Å². The van der Waals surface area contributed by atoms with Crippen molar-refractivity contribution in [2.24, 2.45) is 11.1 Å². The average Bonchev–Trinajstić information content (AvgIpc) is 2.17. The number of rotatable bonds is 7. The first kappa shape index (κ1) is 14.9. The van der Waals surface area contributed by atoms with Gasteiger partial charge in [0.15, 0.2) is 0 Å². The summed E-state index contributed by atoms with van der Waals surface area (Å²) in [6.07, 6.45) is 0.696. The van der Waals surface area contributed by atoms with E-state index in [1.54, 1.807) is 13.8 Å². The summed E-state index contributed by atoms with van der Waals surface area (Å²) < 4.78 is 22.5. The standard InChI is InChI=1S/C10H23NO3S/c1-4-15(13,14)7-5-6-10(3,8-11)9(2)12/h9,12H,4-8,11H2,1-3H3. The third kappa shape index (κ3) is 4.95. The van der Waals surface area contributed by atoms with Gasteiger partial charge in [0.05, 0.1) is 11.9 Å². The molecular formula is C10H23NO3S. The number of nitrogens with two attached hydrogens (primary N) is 1. The van der Waals surface area contributed by atoms with Gasteiger partial charge in [-0.25, -0.2) is 8.42 Å². The van der Waals surface area contributed by atoms with Gasteiger partial charge in [0.25, 0.3) is 0 Å². The molecule has 0 saturated carbocycles. The highest BCUT2D eigenvalue weighted by Gasteiger charge is 2.28. The van der Waals surface area contributed by atoms with Gasteiger partial charge in [-0.3, -0.25) is 0 Å². The number of hydrogen-bond acceptors (Lipinski definition) is 4. The minimum absolute atomic E-state index is 0.182. The molecule has 2 unspecified atom stereocenters. The van der Waals surface area contributed by atoms with Crippen molar-refractivity contribution in [3.63, 3.8) is 0 Å². The van der Waals surface area contributed by atoms with E-state index in [0.29, 0.717) is 19.4 Å². The zero-order chi connectivity index (χ0) is 12.1. The molecular weight excluding hydrogens is 214 g/mol. The highest BCUT2D eigenvalue weighted by molar-refractivity contribution is 7.91. The third-order valence-electron chi connectivity index (χ3n) is 3.12. The maximum Gasteiger partial charge on any atom is 0.150 e. The average molecular weight is 237 g/mol. The molecule has 0 aromatic carbocycles. The van der Waals surface area contributed by atoms with Crippen LogP contribution in [0.25, 0.3) is 0 Å². The van der Waals surface area contributed by atoms with Crippen LogP contribution in [0.4, 0.5) is 0 Å². The second kappa shape index (κ2) is 5.82. The number of aliphatic hydroxyl groups excluding tert-OH is 1. The number of aliphatic hydroxyl groups is 1. The first-order chi connectivity index (χ1) is 6.77. The Bertz CT molecular complexity index is 274. The largest absolute Gasteiger partial charge is 0.393 e. The monoisotopic (exact) mass is 237 g/mol. The van der Waals surface area contributed by atoms with Crippen LogP contribution in [0.1, 0.15) is 33.6 Å². The highest BCUT2D eigenvalue weighted by Crippen LogP contribution is 2.26. The van der Waals surface area contributed by atoms with Crippen molar-refractivity contribution < 1.29 is 13.5 Å². The molecule has 0 aromatic rings. The SMILES string of the molecule is CCS(=O)(=O)CCCC(C)(CN)C(C)O. The normalized spacial score (nSPS) is 18.5. The molecule has 0 aliphatic rings. The molecule has 0 bridgehead atoms. The Kier molecular flexibility index (Phi) is 5.77. The molecule has 0 saturated heterocycles. The van der Waals surface area contributed by atoms with Crippen molar-refractivity contribution in [1.29, 1.82) is 0 Å². The summed E-state index contributed by atoms with van der Waals surface area (Å²) in [4.78, 5) is 0. The number of sulfone groups is 1. The second-order valence-corrected chi connectivity index (χ2v) is 6.85. The van der Waals surface area contributed by atoms with Crippen molar-refractivity contribution in [2.75, 3.05) is 18.1 Å². The van der Waals surface area contributed by atoms with Gasteiger partial charge < -0.3 is 10.8 Å². The zero-order valence-electron chi connectivity index (χ0n) is 9.86. The smallest absolute Gasteiger partial charge is 0.150 e. The minimum Gasteiger partial charge on any atom is -0.393 e. The van der Waals surface area contributed by atoms with Crippen LogP contribution in [-0.4, -0.2) is 37.7 Å². The predicted octanol–water partition coefficient (Wildman–Crippen LogP) is 0.547. The van der Waals surface area contributed by atoms with Gasteiger partial charge in [0.2, 0.25) is 0 Å². The molecule has 0 rings (SSSR count). The lowest BCUT2D eigenvalue weighted by Crippen LogP contribution is -2.37. The Hall–Kier alpha value is -0.130. The van der Waals surface area contributed by atoms with Crippen molar-refractivity contribution in [3.8, 4) is 0 Å². The Morgan fingerprint density at radius 3 is 2.33 bits per heavy atom. The summed E-state index contributed by atoms with van der Waals surface area (Å²) in [5.41, 5.74) is 5.21. The van der Waals surface area contributed by atoms with E-state index >= 15 is 0 Å². The van der Waals surface area contributed by atoms with Gasteiger partial charge in [0, 0.05) is 17.7 Å². The predicted molar refractivity (Wildman–Crippen MR) is 62.4 cm³/mol. The molecule has 0 heterocycles. The van der Waals surface area contributed by atoms with Crippen LogP contribution in [0.5, 0.6) is 0 Å². The van der Waals surface area contributed by atoms with E-state index in [9.17, 15) is 13.5 Å². The van der Waals surface area contributed by atoms with Gasteiger partial charge in [0.1, 0.15) is 9.84 Å². The lowest BCUT2D eigenvalue weighted by Gasteiger charge is -2.31. The summed E-state index contributed by atoms with van der Waals surface area (Å²) >= 11 is 0. The minimum atomic E-state index is -2.90. The topological polar surface area (TPSA) is 80.4 Å². The molecule has 0 radical (unpaired) electrons. The Morgan fingerprint density at radius 2 is 2.00 bits per heavy atom. The molecule has 0 aromatic heterocycles. The molecule has 2 atom stereocenters. The van der Waals surface area contributed by atoms with Crippen LogP contribution < -0.4 is 5.73 Å². The van der Waals surface area contributed by atoms with Crippen molar-refractivity contribution in [2.45, 2.75) is 39.7 Å². The van der Waals surface area contributed by atoms with Gasteiger partial charge in [-0.15, -0.1) is 0 Å². The van der Waals surface area contributed by atoms with Crippen LogP contribution in [0.2, 0.25) is 0 Å². The van der Waals surface area contributed by atoms with E-state index in [2.05, 4.69) is 0 Å². The molecule has 5 heteroatoms. The van der Waals surface area contributed by atoms with E-state index in [0.717, 1.165) is 0 Å². The van der Waals surface area contributed by atoms with Crippen LogP contribution in [0.3, 0.4) is 0 Å². The molecule has 0 aliphatic heterocycles. The van der Waals surface area contributed by atoms with Gasteiger partial charge in [-0.2, -0.15) is 0 Å². The van der Waals surface area contributed by atoms with Crippen LogP contribution in [-0.2, 0) is 9.84 Å².